The topological polar surface area (TPSA) is 117 Å². The van der Waals surface area contributed by atoms with Gasteiger partial charge in [-0.15, -0.1) is 0 Å². The molecule has 10 heteroatoms. The van der Waals surface area contributed by atoms with Gasteiger partial charge in [0, 0.05) is 68.8 Å². The second-order valence-corrected chi connectivity index (χ2v) is 12.8. The molecule has 2 aromatic rings. The number of benzene rings is 1. The summed E-state index contributed by atoms with van der Waals surface area (Å²) in [7, 11) is 2.04. The molecule has 0 radical (unpaired) electrons. The lowest BCUT2D eigenvalue weighted by Gasteiger charge is -2.36. The first-order valence-corrected chi connectivity index (χ1v) is 16.3. The highest BCUT2D eigenvalue weighted by Crippen LogP contribution is 2.34. The summed E-state index contributed by atoms with van der Waals surface area (Å²) in [4.78, 5) is 57.1. The van der Waals surface area contributed by atoms with Crippen molar-refractivity contribution >= 4 is 29.2 Å². The Labute approximate surface area is 261 Å². The number of aromatic nitrogens is 2. The van der Waals surface area contributed by atoms with Crippen LogP contribution in [0.15, 0.2) is 36.5 Å². The third-order valence-electron chi connectivity index (χ3n) is 9.33. The van der Waals surface area contributed by atoms with Crippen molar-refractivity contribution in [3.63, 3.8) is 0 Å². The van der Waals surface area contributed by atoms with Gasteiger partial charge in [0.25, 0.3) is 0 Å². The number of piperazine rings is 1. The number of carbonyl (C=O) groups excluding carboxylic acids is 4. The predicted octanol–water partition coefficient (Wildman–Crippen LogP) is 4.64. The number of nitrogens with zero attached hydrogens (tertiary/aromatic N) is 4. The van der Waals surface area contributed by atoms with Crippen LogP contribution < -0.4 is 10.6 Å². The van der Waals surface area contributed by atoms with E-state index in [2.05, 4.69) is 20.6 Å². The van der Waals surface area contributed by atoms with E-state index in [1.807, 2.05) is 57.0 Å². The molecular weight excluding hydrogens is 556 g/mol. The number of nitrogens with one attached hydrogen (secondary N) is 2. The van der Waals surface area contributed by atoms with Crippen LogP contribution >= 0.6 is 0 Å². The average Bonchev–Trinajstić information content (AvgIpc) is 3.54. The third kappa shape index (κ3) is 8.34. The number of ketones is 1. The first kappa shape index (κ1) is 33.4. The molecule has 1 saturated carbocycles. The van der Waals surface area contributed by atoms with Gasteiger partial charge >= 0.3 is 0 Å². The molecule has 1 aromatic heterocycles. The first-order chi connectivity index (χ1) is 21.1. The summed E-state index contributed by atoms with van der Waals surface area (Å²) in [5, 5.41) is 10.4. The van der Waals surface area contributed by atoms with Crippen molar-refractivity contribution in [3.05, 3.63) is 47.8 Å². The Kier molecular flexibility index (Phi) is 11.7. The minimum absolute atomic E-state index is 0.0542. The van der Waals surface area contributed by atoms with E-state index < -0.39 is 12.0 Å². The van der Waals surface area contributed by atoms with Gasteiger partial charge in [0.2, 0.25) is 17.7 Å². The van der Waals surface area contributed by atoms with Gasteiger partial charge in [-0.3, -0.25) is 23.9 Å². The highest BCUT2D eigenvalue weighted by molar-refractivity contribution is 6.00. The van der Waals surface area contributed by atoms with Crippen molar-refractivity contribution in [1.82, 2.24) is 24.9 Å². The lowest BCUT2D eigenvalue weighted by atomic mass is 9.77. The quantitative estimate of drug-likeness (QED) is 0.340. The average molecular weight is 607 g/mol. The smallest absolute Gasteiger partial charge is 0.245 e. The lowest BCUT2D eigenvalue weighted by Crippen LogP contribution is -2.55. The minimum atomic E-state index is -0.674. The molecule has 1 aliphatic carbocycles. The maximum Gasteiger partial charge on any atom is 0.245 e. The van der Waals surface area contributed by atoms with E-state index >= 15 is 0 Å². The Morgan fingerprint density at radius 3 is 2.20 bits per heavy atom. The number of likely N-dealkylation sites (N-methyl/N-ethyl adjacent to an activating group) is 1. The van der Waals surface area contributed by atoms with E-state index in [4.69, 9.17) is 0 Å². The first-order valence-electron chi connectivity index (χ1n) is 16.3. The maximum absolute atomic E-state index is 13.7. The fourth-order valence-electron chi connectivity index (χ4n) is 6.46. The summed E-state index contributed by atoms with van der Waals surface area (Å²) in [6.45, 7) is 10.6. The molecule has 0 unspecified atom stereocenters. The summed E-state index contributed by atoms with van der Waals surface area (Å²) in [6.07, 6.45) is 7.28. The molecule has 0 bridgehead atoms. The summed E-state index contributed by atoms with van der Waals surface area (Å²) < 4.78 is 1.72. The molecule has 1 aromatic carbocycles. The van der Waals surface area contributed by atoms with Crippen LogP contribution in [0.2, 0.25) is 0 Å². The zero-order valence-electron chi connectivity index (χ0n) is 27.1. The summed E-state index contributed by atoms with van der Waals surface area (Å²) >= 11 is 0. The molecular formula is C34H50N6O4. The van der Waals surface area contributed by atoms with Gasteiger partial charge in [0.1, 0.15) is 11.7 Å². The van der Waals surface area contributed by atoms with Gasteiger partial charge < -0.3 is 20.4 Å². The van der Waals surface area contributed by atoms with Crippen molar-refractivity contribution in [2.45, 2.75) is 90.6 Å². The van der Waals surface area contributed by atoms with Crippen LogP contribution in [0.3, 0.4) is 0 Å². The van der Waals surface area contributed by atoms with Crippen LogP contribution in [0.5, 0.6) is 0 Å². The number of hydrogen-bond acceptors (Lipinski definition) is 6. The number of rotatable bonds is 12. The van der Waals surface area contributed by atoms with Crippen molar-refractivity contribution in [3.8, 4) is 0 Å². The lowest BCUT2D eigenvalue weighted by molar-refractivity contribution is -0.138. The van der Waals surface area contributed by atoms with Gasteiger partial charge in [-0.25, -0.2) is 0 Å². The van der Waals surface area contributed by atoms with Crippen LogP contribution in [-0.2, 0) is 14.4 Å². The maximum atomic E-state index is 13.7. The van der Waals surface area contributed by atoms with Crippen molar-refractivity contribution < 1.29 is 19.2 Å². The number of anilines is 1. The molecule has 1 aliphatic heterocycles. The fraction of sp³-hybridized carbons (Fsp3) is 0.618. The number of Topliss-reactive ketones (excluding diaryl/α,β-unsaturated/α-hetero) is 1. The highest BCUT2D eigenvalue weighted by atomic mass is 16.2. The van der Waals surface area contributed by atoms with Gasteiger partial charge in [-0.05, 0) is 63.4 Å². The zero-order valence-corrected chi connectivity index (χ0v) is 27.1. The van der Waals surface area contributed by atoms with E-state index in [1.54, 1.807) is 23.9 Å². The standard InChI is InChI=1S/C34H50N6O4/c1-6-31(42)37-32(34(44)39-20-18-38(5)19-21-39)24(4)25-12-14-27(15-13-25)36-33(43)28(26-10-8-7-9-11-26)22-30(41)29-16-17-35-40(29)23(2)3/h12-17,23-24,26,28,32H,6-11,18-22H2,1-5H3,(H,36,43)(H,37,42)/t24-,28-,32+/m0/s1. The molecule has 4 rings (SSSR count). The van der Waals surface area contributed by atoms with E-state index in [-0.39, 0.29) is 47.8 Å². The molecule has 3 atom stereocenters. The monoisotopic (exact) mass is 606 g/mol. The van der Waals surface area contributed by atoms with E-state index in [0.717, 1.165) is 50.8 Å². The highest BCUT2D eigenvalue weighted by Gasteiger charge is 2.34. The molecule has 2 heterocycles. The van der Waals surface area contributed by atoms with E-state index in [9.17, 15) is 19.2 Å². The Hall–Kier alpha value is -3.53. The van der Waals surface area contributed by atoms with Crippen molar-refractivity contribution in [2.75, 3.05) is 38.5 Å². The summed E-state index contributed by atoms with van der Waals surface area (Å²) in [6, 6.07) is 8.62. The largest absolute Gasteiger partial charge is 0.344 e. The van der Waals surface area contributed by atoms with Crippen LogP contribution in [0, 0.1) is 11.8 Å². The molecule has 240 valence electrons. The molecule has 3 amide bonds. The molecule has 44 heavy (non-hydrogen) atoms. The van der Waals surface area contributed by atoms with Crippen LogP contribution in [0.25, 0.3) is 0 Å². The van der Waals surface area contributed by atoms with Gasteiger partial charge in [-0.2, -0.15) is 5.10 Å². The summed E-state index contributed by atoms with van der Waals surface area (Å²) in [5.41, 5.74) is 2.08. The van der Waals surface area contributed by atoms with Gasteiger partial charge in [-0.1, -0.05) is 45.2 Å². The second-order valence-electron chi connectivity index (χ2n) is 12.8. The molecule has 2 aliphatic rings. The van der Waals surface area contributed by atoms with Gasteiger partial charge in [0.05, 0.1) is 0 Å². The molecule has 10 nitrogen and oxygen atoms in total. The number of hydrogen-bond donors (Lipinski definition) is 2. The Bertz CT molecular complexity index is 1270. The normalized spacial score (nSPS) is 18.5. The van der Waals surface area contributed by atoms with E-state index in [0.29, 0.717) is 30.9 Å². The molecule has 0 spiro atoms. The Balaban J connectivity index is 1.47. The van der Waals surface area contributed by atoms with E-state index in [1.165, 1.54) is 0 Å². The predicted molar refractivity (Wildman–Crippen MR) is 171 cm³/mol. The van der Waals surface area contributed by atoms with Crippen LogP contribution in [0.4, 0.5) is 5.69 Å². The Morgan fingerprint density at radius 2 is 1.59 bits per heavy atom. The SMILES string of the molecule is CCC(=O)N[C@@H](C(=O)N1CCN(C)CC1)[C@@H](C)c1ccc(NC(=O)[C@@H](CC(=O)c2ccnn2C(C)C)C2CCCCC2)cc1. The van der Waals surface area contributed by atoms with Crippen LogP contribution in [0.1, 0.15) is 101 Å². The third-order valence-corrected chi connectivity index (χ3v) is 9.33. The summed E-state index contributed by atoms with van der Waals surface area (Å²) in [5.74, 6) is -0.952. The zero-order chi connectivity index (χ0) is 31.8. The van der Waals surface area contributed by atoms with Crippen LogP contribution in [-0.4, -0.2) is 82.4 Å². The second kappa shape index (κ2) is 15.5. The fourth-order valence-corrected chi connectivity index (χ4v) is 6.46. The number of carbonyl (C=O) groups is 4. The molecule has 2 fully saturated rings. The van der Waals surface area contributed by atoms with Gasteiger partial charge in [0.15, 0.2) is 5.78 Å². The van der Waals surface area contributed by atoms with Crippen molar-refractivity contribution in [1.29, 1.82) is 0 Å². The molecule has 1 saturated heterocycles. The molecule has 2 N–H and O–H groups in total. The Morgan fingerprint density at radius 1 is 0.932 bits per heavy atom. The van der Waals surface area contributed by atoms with Crippen molar-refractivity contribution in [2.24, 2.45) is 11.8 Å². The minimum Gasteiger partial charge on any atom is -0.344 e. The number of amides is 3.